The molecule has 4 aliphatic rings. The van der Waals surface area contributed by atoms with Gasteiger partial charge in [-0.15, -0.1) is 0 Å². The van der Waals surface area contributed by atoms with E-state index in [9.17, 15) is 19.5 Å². The quantitative estimate of drug-likeness (QED) is 0.269. The van der Waals surface area contributed by atoms with Gasteiger partial charge >= 0.3 is 5.97 Å². The van der Waals surface area contributed by atoms with Crippen LogP contribution in [0.1, 0.15) is 30.1 Å². The van der Waals surface area contributed by atoms with E-state index in [1.54, 1.807) is 42.4 Å². The predicted molar refractivity (Wildman–Crippen MR) is 195 cm³/mol. The zero-order valence-corrected chi connectivity index (χ0v) is 30.2. The number of carbonyl (C=O) groups is 4. The van der Waals surface area contributed by atoms with Gasteiger partial charge in [0.05, 0.1) is 32.2 Å². The normalized spacial score (nSPS) is 28.9. The van der Waals surface area contributed by atoms with Gasteiger partial charge in [-0.1, -0.05) is 88.7 Å². The molecule has 11 nitrogen and oxygen atoms in total. The van der Waals surface area contributed by atoms with Crippen molar-refractivity contribution in [3.63, 3.8) is 0 Å². The summed E-state index contributed by atoms with van der Waals surface area (Å²) in [6.45, 7) is -0.293. The van der Waals surface area contributed by atoms with E-state index in [1.807, 2.05) is 72.8 Å². The molecular weight excluding hydrogens is 730 g/mol. The van der Waals surface area contributed by atoms with E-state index in [1.165, 1.54) is 4.90 Å². The minimum Gasteiger partial charge on any atom is -0.497 e. The predicted octanol–water partition coefficient (Wildman–Crippen LogP) is 4.26. The van der Waals surface area contributed by atoms with Gasteiger partial charge in [-0.3, -0.25) is 19.2 Å². The Morgan fingerprint density at radius 3 is 2.37 bits per heavy atom. The number of anilines is 1. The molecule has 3 amide bonds. The summed E-state index contributed by atoms with van der Waals surface area (Å²) in [4.78, 5) is 60.5. The van der Waals surface area contributed by atoms with E-state index in [2.05, 4.69) is 21.2 Å². The molecule has 4 heterocycles. The first kappa shape index (κ1) is 35.6. The first-order chi connectivity index (χ1) is 25.3. The number of hydrogen-bond donors (Lipinski definition) is 2. The van der Waals surface area contributed by atoms with E-state index in [0.717, 1.165) is 5.56 Å². The average Bonchev–Trinajstić information content (AvgIpc) is 3.77. The molecule has 1 spiro atoms. The molecule has 52 heavy (non-hydrogen) atoms. The van der Waals surface area contributed by atoms with Crippen LogP contribution in [0.2, 0.25) is 0 Å². The van der Waals surface area contributed by atoms with Crippen molar-refractivity contribution in [1.82, 2.24) is 10.2 Å². The molecule has 0 aromatic heterocycles. The summed E-state index contributed by atoms with van der Waals surface area (Å²) < 4.78 is 18.8. The van der Waals surface area contributed by atoms with Gasteiger partial charge in [0, 0.05) is 23.1 Å². The lowest BCUT2D eigenvalue weighted by Crippen LogP contribution is -2.59. The van der Waals surface area contributed by atoms with Crippen LogP contribution in [-0.2, 0) is 35.1 Å². The van der Waals surface area contributed by atoms with Crippen LogP contribution in [0.3, 0.4) is 0 Å². The van der Waals surface area contributed by atoms with Crippen molar-refractivity contribution in [3.05, 3.63) is 119 Å². The third-order valence-electron chi connectivity index (χ3n) is 10.3. The van der Waals surface area contributed by atoms with Gasteiger partial charge in [-0.2, -0.15) is 0 Å². The SMILES string of the molecule is COc1ccc(N2C/C=C\CCC(=O)NC[C@H](c3ccccc3)OC(=O)[C@H]3[C@@H]4O[C@@]5(C=C4Br)[C@@H]3C(=O)N([C@@H](CO)Cc3ccccc3)[C@@H]5C2=O)cc1. The van der Waals surface area contributed by atoms with E-state index < -0.39 is 66.1 Å². The Bertz CT molecular complexity index is 1870. The van der Waals surface area contributed by atoms with E-state index >= 15 is 4.79 Å². The average molecular weight is 771 g/mol. The van der Waals surface area contributed by atoms with Gasteiger partial charge in [0.2, 0.25) is 11.8 Å². The molecule has 0 unspecified atom stereocenters. The highest BCUT2D eigenvalue weighted by molar-refractivity contribution is 9.11. The number of aliphatic hydroxyl groups excluding tert-OH is 1. The van der Waals surface area contributed by atoms with E-state index in [-0.39, 0.29) is 31.8 Å². The first-order valence-electron chi connectivity index (χ1n) is 17.4. The van der Waals surface area contributed by atoms with Crippen LogP contribution < -0.4 is 15.0 Å². The van der Waals surface area contributed by atoms with Crippen molar-refractivity contribution < 1.29 is 38.5 Å². The number of fused-ring (bicyclic) bond motifs is 2. The van der Waals surface area contributed by atoms with Crippen LogP contribution in [0.4, 0.5) is 5.69 Å². The molecule has 0 radical (unpaired) electrons. The third kappa shape index (κ3) is 6.55. The lowest BCUT2D eigenvalue weighted by Gasteiger charge is -2.38. The van der Waals surface area contributed by atoms with Gasteiger partial charge in [0.1, 0.15) is 35.5 Å². The van der Waals surface area contributed by atoms with Gasteiger partial charge in [-0.25, -0.2) is 0 Å². The fraction of sp³-hybridized carbons (Fsp3) is 0.350. The largest absolute Gasteiger partial charge is 0.497 e. The standard InChI is InChI=1S/C40H40BrN3O8/c1-50-29-18-16-27(17-19-29)43-20-10-4-9-15-32(46)42-23-31(26-13-7-3-8-14-26)51-39(49)33-34-37(47)44(28(24-45)21-25-11-5-2-6-12-25)36(38(43)48)40(34)22-30(41)35(33)52-40/h2-8,10-14,16-19,22,28,31,33-36,45H,9,15,20-21,23-24H2,1H3,(H,42,46)/b10-4-/t28-,31-,33-,34+,35-,36-,40+/m1/s1. The summed E-state index contributed by atoms with van der Waals surface area (Å²) in [6, 6.07) is 23.5. The number of carbonyl (C=O) groups excluding carboxylic acids is 4. The molecule has 0 saturated carbocycles. The second-order valence-electron chi connectivity index (χ2n) is 13.4. The summed E-state index contributed by atoms with van der Waals surface area (Å²) >= 11 is 3.61. The molecular formula is C40H40BrN3O8. The highest BCUT2D eigenvalue weighted by atomic mass is 79.9. The number of amides is 3. The summed E-state index contributed by atoms with van der Waals surface area (Å²) in [5.41, 5.74) is 0.530. The smallest absolute Gasteiger partial charge is 0.313 e. The zero-order chi connectivity index (χ0) is 36.4. The van der Waals surface area contributed by atoms with Gasteiger partial charge in [0.25, 0.3) is 5.91 Å². The number of rotatable bonds is 7. The van der Waals surface area contributed by atoms with Gasteiger partial charge in [0.15, 0.2) is 0 Å². The Balaban J connectivity index is 1.35. The number of cyclic esters (lactones) is 1. The molecule has 2 saturated heterocycles. The number of likely N-dealkylation sites (tertiary alicyclic amines) is 1. The molecule has 7 atom stereocenters. The van der Waals surface area contributed by atoms with Crippen molar-refractivity contribution in [1.29, 1.82) is 0 Å². The van der Waals surface area contributed by atoms with Crippen molar-refractivity contribution in [2.24, 2.45) is 11.8 Å². The molecule has 0 aliphatic carbocycles. The summed E-state index contributed by atoms with van der Waals surface area (Å²) in [5, 5.41) is 13.8. The van der Waals surface area contributed by atoms with Crippen LogP contribution in [0.5, 0.6) is 5.75 Å². The molecule has 5 bridgehead atoms. The molecule has 3 aromatic carbocycles. The molecule has 270 valence electrons. The van der Waals surface area contributed by atoms with Crippen molar-refractivity contribution in [2.45, 2.75) is 49.2 Å². The second kappa shape index (κ2) is 15.1. The van der Waals surface area contributed by atoms with Crippen LogP contribution in [0, 0.1) is 11.8 Å². The minimum absolute atomic E-state index is 0.0272. The fourth-order valence-electron chi connectivity index (χ4n) is 7.89. The van der Waals surface area contributed by atoms with Crippen LogP contribution in [0.15, 0.2) is 108 Å². The van der Waals surface area contributed by atoms with Gasteiger partial charge < -0.3 is 34.4 Å². The number of nitrogens with one attached hydrogen (secondary N) is 1. The highest BCUT2D eigenvalue weighted by Gasteiger charge is 2.75. The number of nitrogens with zero attached hydrogens (tertiary/aromatic N) is 2. The number of allylic oxidation sites excluding steroid dienone is 1. The number of esters is 1. The lowest BCUT2D eigenvalue weighted by atomic mass is 9.74. The number of hydrogen-bond acceptors (Lipinski definition) is 8. The van der Waals surface area contributed by atoms with Crippen LogP contribution >= 0.6 is 15.9 Å². The number of aliphatic hydroxyl groups is 1. The molecule has 2 N–H and O–H groups in total. The topological polar surface area (TPSA) is 135 Å². The Labute approximate surface area is 310 Å². The maximum atomic E-state index is 15.3. The second-order valence-corrected chi connectivity index (χ2v) is 14.3. The van der Waals surface area contributed by atoms with Gasteiger partial charge in [-0.05, 0) is 54.3 Å². The van der Waals surface area contributed by atoms with Crippen molar-refractivity contribution in [3.8, 4) is 5.75 Å². The molecule has 2 fully saturated rings. The Hall–Kier alpha value is -4.78. The Kier molecular flexibility index (Phi) is 10.3. The van der Waals surface area contributed by atoms with E-state index in [4.69, 9.17) is 14.2 Å². The minimum atomic E-state index is -1.55. The lowest BCUT2D eigenvalue weighted by molar-refractivity contribution is -0.160. The maximum absolute atomic E-state index is 15.3. The fourth-order valence-corrected chi connectivity index (χ4v) is 8.63. The van der Waals surface area contributed by atoms with Crippen LogP contribution in [0.25, 0.3) is 0 Å². The number of halogens is 1. The zero-order valence-electron chi connectivity index (χ0n) is 28.6. The first-order valence-corrected chi connectivity index (χ1v) is 18.2. The summed E-state index contributed by atoms with van der Waals surface area (Å²) in [7, 11) is 1.55. The van der Waals surface area contributed by atoms with Crippen molar-refractivity contribution >= 4 is 45.3 Å². The Morgan fingerprint density at radius 1 is 0.962 bits per heavy atom. The summed E-state index contributed by atoms with van der Waals surface area (Å²) in [6.07, 6.45) is 4.51. The monoisotopic (exact) mass is 769 g/mol. The number of methoxy groups -OCH3 is 1. The molecule has 4 aliphatic heterocycles. The molecule has 3 aromatic rings. The highest BCUT2D eigenvalue weighted by Crippen LogP contribution is 2.59. The molecule has 12 heteroatoms. The third-order valence-corrected chi connectivity index (χ3v) is 11.0. The van der Waals surface area contributed by atoms with E-state index in [0.29, 0.717) is 27.9 Å². The van der Waals surface area contributed by atoms with Crippen molar-refractivity contribution in [2.75, 3.05) is 31.7 Å². The maximum Gasteiger partial charge on any atom is 0.313 e. The number of benzene rings is 3. The van der Waals surface area contributed by atoms with Crippen LogP contribution in [-0.4, -0.2) is 84.3 Å². The molecule has 7 rings (SSSR count). The Morgan fingerprint density at radius 2 is 1.67 bits per heavy atom. The number of ether oxygens (including phenoxy) is 3. The summed E-state index contributed by atoms with van der Waals surface area (Å²) in [5.74, 6) is -3.48.